The van der Waals surface area contributed by atoms with Crippen LogP contribution in [0.25, 0.3) is 0 Å². The van der Waals surface area contributed by atoms with Crippen LogP contribution in [0.15, 0.2) is 48.5 Å². The monoisotopic (exact) mass is 449 g/mol. The number of carbonyl (C=O) groups is 3. The molecule has 0 saturated carbocycles. The van der Waals surface area contributed by atoms with Crippen LogP contribution in [-0.2, 0) is 22.1 Å². The summed E-state index contributed by atoms with van der Waals surface area (Å²) in [6.07, 6.45) is -5.41. The minimum absolute atomic E-state index is 0.134. The molecular formula is C22H22F3N3O4. The van der Waals surface area contributed by atoms with E-state index in [1.54, 1.807) is 24.3 Å². The number of nitrogens with zero attached hydrogens (tertiary/aromatic N) is 1. The number of nitrogens with two attached hydrogens (primary N) is 1. The number of carbonyl (C=O) groups excluding carboxylic acids is 3. The van der Waals surface area contributed by atoms with Crippen LogP contribution in [0.3, 0.4) is 0 Å². The van der Waals surface area contributed by atoms with E-state index < -0.39 is 35.8 Å². The Kier molecular flexibility index (Phi) is 6.71. The Morgan fingerprint density at radius 2 is 1.91 bits per heavy atom. The van der Waals surface area contributed by atoms with Crippen molar-refractivity contribution in [3.8, 4) is 0 Å². The van der Waals surface area contributed by atoms with Gasteiger partial charge in [-0.05, 0) is 48.7 Å². The highest BCUT2D eigenvalue weighted by Crippen LogP contribution is 2.34. The largest absolute Gasteiger partial charge is 0.439 e. The van der Waals surface area contributed by atoms with E-state index in [1.165, 1.54) is 17.0 Å². The summed E-state index contributed by atoms with van der Waals surface area (Å²) in [5, 5.41) is 2.39. The number of primary amides is 1. The maximum absolute atomic E-state index is 13.0. The second-order valence-electron chi connectivity index (χ2n) is 7.55. The highest BCUT2D eigenvalue weighted by Gasteiger charge is 2.37. The summed E-state index contributed by atoms with van der Waals surface area (Å²) in [5.41, 5.74) is 5.69. The first-order valence-electron chi connectivity index (χ1n) is 9.84. The number of halogens is 3. The van der Waals surface area contributed by atoms with Gasteiger partial charge in [-0.3, -0.25) is 9.59 Å². The van der Waals surface area contributed by atoms with Gasteiger partial charge in [0.2, 0.25) is 5.91 Å². The Balaban J connectivity index is 1.62. The molecule has 1 aliphatic heterocycles. The molecule has 0 aliphatic carbocycles. The van der Waals surface area contributed by atoms with Crippen molar-refractivity contribution in [2.45, 2.75) is 31.7 Å². The van der Waals surface area contributed by atoms with Crippen LogP contribution in [0.4, 0.5) is 18.0 Å². The zero-order valence-electron chi connectivity index (χ0n) is 17.2. The zero-order chi connectivity index (χ0) is 23.5. The van der Waals surface area contributed by atoms with Gasteiger partial charge in [0.05, 0.1) is 18.7 Å². The molecule has 1 aliphatic rings. The Labute approximate surface area is 182 Å². The predicted molar refractivity (Wildman–Crippen MR) is 109 cm³/mol. The lowest BCUT2D eigenvalue weighted by Gasteiger charge is -2.22. The molecule has 1 heterocycles. The second-order valence-corrected chi connectivity index (χ2v) is 7.55. The molecule has 7 nitrogen and oxygen atoms in total. The van der Waals surface area contributed by atoms with E-state index in [-0.39, 0.29) is 24.7 Å². The molecule has 2 aromatic rings. The molecule has 32 heavy (non-hydrogen) atoms. The van der Waals surface area contributed by atoms with E-state index in [4.69, 9.17) is 10.5 Å². The maximum Gasteiger partial charge on any atom is 0.416 e. The van der Waals surface area contributed by atoms with E-state index >= 15 is 0 Å². The van der Waals surface area contributed by atoms with E-state index in [0.717, 1.165) is 17.7 Å². The summed E-state index contributed by atoms with van der Waals surface area (Å²) in [6.45, 7) is 1.68. The molecule has 2 unspecified atom stereocenters. The molecule has 0 spiro atoms. The number of amides is 3. The average molecular weight is 449 g/mol. The molecular weight excluding hydrogens is 427 g/mol. The van der Waals surface area contributed by atoms with Gasteiger partial charge in [-0.15, -0.1) is 0 Å². The third kappa shape index (κ3) is 5.57. The molecule has 10 heteroatoms. The first-order chi connectivity index (χ1) is 15.0. The smallest absolute Gasteiger partial charge is 0.416 e. The van der Waals surface area contributed by atoms with E-state index in [1.807, 2.05) is 6.92 Å². The summed E-state index contributed by atoms with van der Waals surface area (Å²) < 4.78 is 44.2. The van der Waals surface area contributed by atoms with Crippen molar-refractivity contribution < 1.29 is 32.3 Å². The molecule has 0 bridgehead atoms. The summed E-state index contributed by atoms with van der Waals surface area (Å²) in [4.78, 5) is 36.5. The van der Waals surface area contributed by atoms with Crippen LogP contribution in [0.1, 0.15) is 40.1 Å². The third-order valence-corrected chi connectivity index (χ3v) is 5.13. The topological polar surface area (TPSA) is 102 Å². The molecule has 1 saturated heterocycles. The van der Waals surface area contributed by atoms with Gasteiger partial charge >= 0.3 is 12.3 Å². The molecule has 3 N–H and O–H groups in total. The van der Waals surface area contributed by atoms with E-state index in [2.05, 4.69) is 5.32 Å². The minimum Gasteiger partial charge on any atom is -0.439 e. The lowest BCUT2D eigenvalue weighted by molar-refractivity contribution is -0.137. The van der Waals surface area contributed by atoms with Crippen LogP contribution in [0.2, 0.25) is 0 Å². The van der Waals surface area contributed by atoms with Gasteiger partial charge in [-0.2, -0.15) is 13.2 Å². The van der Waals surface area contributed by atoms with Gasteiger partial charge in [0.25, 0.3) is 5.91 Å². The van der Waals surface area contributed by atoms with Gasteiger partial charge in [0.1, 0.15) is 6.10 Å². The van der Waals surface area contributed by atoms with E-state index in [0.29, 0.717) is 12.0 Å². The van der Waals surface area contributed by atoms with Gasteiger partial charge in [0, 0.05) is 11.6 Å². The first kappa shape index (κ1) is 23.1. The Bertz CT molecular complexity index is 1010. The number of hydrogen-bond acceptors (Lipinski definition) is 4. The lowest BCUT2D eigenvalue weighted by Crippen LogP contribution is -2.35. The Morgan fingerprint density at radius 1 is 1.22 bits per heavy atom. The lowest BCUT2D eigenvalue weighted by atomic mass is 10.0. The number of rotatable bonds is 7. The van der Waals surface area contributed by atoms with Crippen molar-refractivity contribution in [3.05, 3.63) is 70.8 Å². The number of nitrogens with one attached hydrogen (secondary N) is 1. The standard InChI is InChI=1S/C22H22F3N3O4/c1-13(9-14-5-7-15(8-6-14)20(30)27-11-19(26)29)28-12-18(32-21(28)31)16-3-2-4-17(10-16)22(23,24)25/h2-8,10,13,18H,9,11-12H2,1H3,(H2,26,29)(H,27,30). The van der Waals surface area contributed by atoms with Crippen molar-refractivity contribution in [1.82, 2.24) is 10.2 Å². The molecule has 2 aromatic carbocycles. The fraction of sp³-hybridized carbons (Fsp3) is 0.318. The molecule has 0 radical (unpaired) electrons. The first-order valence-corrected chi connectivity index (χ1v) is 9.84. The van der Waals surface area contributed by atoms with Crippen LogP contribution in [-0.4, -0.2) is 41.9 Å². The quantitative estimate of drug-likeness (QED) is 0.678. The molecule has 1 fully saturated rings. The molecule has 3 amide bonds. The second kappa shape index (κ2) is 9.29. The highest BCUT2D eigenvalue weighted by molar-refractivity contribution is 5.96. The fourth-order valence-corrected chi connectivity index (χ4v) is 3.44. The molecule has 2 atom stereocenters. The summed E-state index contributed by atoms with van der Waals surface area (Å²) in [6, 6.07) is 11.1. The summed E-state index contributed by atoms with van der Waals surface area (Å²) >= 11 is 0. The van der Waals surface area contributed by atoms with Crippen molar-refractivity contribution in [1.29, 1.82) is 0 Å². The number of hydrogen-bond donors (Lipinski definition) is 2. The Hall–Kier alpha value is -3.56. The molecule has 3 rings (SSSR count). The number of alkyl halides is 3. The van der Waals surface area contributed by atoms with Crippen molar-refractivity contribution in [2.24, 2.45) is 5.73 Å². The van der Waals surface area contributed by atoms with Crippen LogP contribution in [0.5, 0.6) is 0 Å². The van der Waals surface area contributed by atoms with Crippen molar-refractivity contribution in [2.75, 3.05) is 13.1 Å². The summed E-state index contributed by atoms with van der Waals surface area (Å²) in [7, 11) is 0. The average Bonchev–Trinajstić information content (AvgIpc) is 3.14. The minimum atomic E-state index is -4.48. The van der Waals surface area contributed by atoms with Gasteiger partial charge < -0.3 is 20.7 Å². The van der Waals surface area contributed by atoms with Crippen LogP contribution < -0.4 is 11.1 Å². The molecule has 0 aromatic heterocycles. The molecule has 170 valence electrons. The summed E-state index contributed by atoms with van der Waals surface area (Å²) in [5.74, 6) is -1.08. The maximum atomic E-state index is 13.0. The SMILES string of the molecule is CC(Cc1ccc(C(=O)NCC(N)=O)cc1)N1CC(c2cccc(C(F)(F)F)c2)OC1=O. The fourth-order valence-electron chi connectivity index (χ4n) is 3.44. The van der Waals surface area contributed by atoms with E-state index in [9.17, 15) is 27.6 Å². The van der Waals surface area contributed by atoms with Crippen LogP contribution in [0, 0.1) is 0 Å². The van der Waals surface area contributed by atoms with Gasteiger partial charge in [0.15, 0.2) is 0 Å². The highest BCUT2D eigenvalue weighted by atomic mass is 19.4. The van der Waals surface area contributed by atoms with Gasteiger partial charge in [-0.1, -0.05) is 24.3 Å². The number of ether oxygens (including phenoxy) is 1. The number of cyclic esters (lactones) is 1. The van der Waals surface area contributed by atoms with Gasteiger partial charge in [-0.25, -0.2) is 4.79 Å². The zero-order valence-corrected chi connectivity index (χ0v) is 17.2. The Morgan fingerprint density at radius 3 is 2.53 bits per heavy atom. The van der Waals surface area contributed by atoms with Crippen molar-refractivity contribution in [3.63, 3.8) is 0 Å². The van der Waals surface area contributed by atoms with Crippen molar-refractivity contribution >= 4 is 17.9 Å². The normalized spacial score (nSPS) is 17.1. The third-order valence-electron chi connectivity index (χ3n) is 5.13. The van der Waals surface area contributed by atoms with Crippen LogP contribution >= 0.6 is 0 Å². The number of benzene rings is 2. The predicted octanol–water partition coefficient (Wildman–Crippen LogP) is 3.05.